The Hall–Kier alpha value is -0.120. The predicted molar refractivity (Wildman–Crippen MR) is 71.7 cm³/mol. The molecule has 0 aromatic heterocycles. The first-order chi connectivity index (χ1) is 8.10. The lowest BCUT2D eigenvalue weighted by atomic mass is 10.1. The van der Waals surface area contributed by atoms with E-state index in [2.05, 4.69) is 6.92 Å². The Labute approximate surface area is 107 Å². The molecule has 0 aliphatic carbocycles. The van der Waals surface area contributed by atoms with E-state index in [0.717, 1.165) is 6.42 Å². The molecule has 0 heterocycles. The molecular formula is C14H32NO2+. The van der Waals surface area contributed by atoms with Crippen molar-refractivity contribution in [1.82, 2.24) is 0 Å². The number of hydrogen-bond donors (Lipinski definition) is 2. The van der Waals surface area contributed by atoms with Crippen molar-refractivity contribution in [2.75, 3.05) is 13.1 Å². The Bertz CT molecular complexity index is 170. The van der Waals surface area contributed by atoms with Crippen molar-refractivity contribution in [2.24, 2.45) is 0 Å². The van der Waals surface area contributed by atoms with Gasteiger partial charge in [0, 0.05) is 6.42 Å². The lowest BCUT2D eigenvalue weighted by molar-refractivity contribution is -1.13. The smallest absolute Gasteiger partial charge is 0.220 e. The van der Waals surface area contributed by atoms with Crippen LogP contribution in [0.2, 0.25) is 0 Å². The van der Waals surface area contributed by atoms with Crippen LogP contribution in [0.4, 0.5) is 0 Å². The summed E-state index contributed by atoms with van der Waals surface area (Å²) in [6, 6.07) is 0. The minimum atomic E-state index is -0.611. The third-order valence-electron chi connectivity index (χ3n) is 3.72. The molecular weight excluding hydrogens is 214 g/mol. The molecule has 1 unspecified atom stereocenters. The standard InChI is InChI=1S/C14H32NO2/c1-4-7-8-9-10-11-12-13-14(16)15(17,5-2)6-3/h14,16-17H,4-13H2,1-3H3/q+1. The monoisotopic (exact) mass is 246 g/mol. The molecule has 17 heavy (non-hydrogen) atoms. The maximum absolute atomic E-state index is 10.1. The number of nitrogens with zero attached hydrogens (tertiary/aromatic N) is 1. The minimum absolute atomic E-state index is 0.199. The van der Waals surface area contributed by atoms with E-state index in [0.29, 0.717) is 19.5 Å². The summed E-state index contributed by atoms with van der Waals surface area (Å²) in [7, 11) is 0. The minimum Gasteiger partial charge on any atom is -0.343 e. The van der Waals surface area contributed by atoms with Crippen LogP contribution >= 0.6 is 0 Å². The molecule has 0 saturated carbocycles. The zero-order valence-electron chi connectivity index (χ0n) is 12.0. The van der Waals surface area contributed by atoms with Gasteiger partial charge < -0.3 is 5.11 Å². The zero-order valence-corrected chi connectivity index (χ0v) is 12.0. The molecule has 0 bridgehead atoms. The van der Waals surface area contributed by atoms with Crippen LogP contribution in [0.5, 0.6) is 0 Å². The van der Waals surface area contributed by atoms with Crippen LogP contribution in [-0.4, -0.2) is 34.3 Å². The van der Waals surface area contributed by atoms with Gasteiger partial charge in [-0.05, 0) is 20.3 Å². The highest BCUT2D eigenvalue weighted by Crippen LogP contribution is 2.15. The fraction of sp³-hybridized carbons (Fsp3) is 1.00. The molecule has 0 saturated heterocycles. The van der Waals surface area contributed by atoms with Crippen LogP contribution in [0.15, 0.2) is 0 Å². The molecule has 0 aliphatic rings. The number of aliphatic hydroxyl groups excluding tert-OH is 1. The van der Waals surface area contributed by atoms with Crippen molar-refractivity contribution in [3.63, 3.8) is 0 Å². The van der Waals surface area contributed by atoms with E-state index < -0.39 is 6.23 Å². The van der Waals surface area contributed by atoms with Gasteiger partial charge in [-0.15, -0.1) is 0 Å². The van der Waals surface area contributed by atoms with Crippen molar-refractivity contribution in [3.05, 3.63) is 0 Å². The van der Waals surface area contributed by atoms with E-state index in [1.165, 1.54) is 38.5 Å². The molecule has 0 aromatic rings. The summed E-state index contributed by atoms with van der Waals surface area (Å²) < 4.78 is -0.199. The van der Waals surface area contributed by atoms with E-state index in [-0.39, 0.29) is 4.65 Å². The van der Waals surface area contributed by atoms with Gasteiger partial charge in [-0.25, -0.2) is 5.21 Å². The van der Waals surface area contributed by atoms with Gasteiger partial charge in [-0.3, -0.25) is 0 Å². The van der Waals surface area contributed by atoms with Crippen LogP contribution in [0.25, 0.3) is 0 Å². The molecule has 1 atom stereocenters. The quantitative estimate of drug-likeness (QED) is 0.253. The number of rotatable bonds is 11. The molecule has 3 nitrogen and oxygen atoms in total. The number of aliphatic hydroxyl groups is 1. The molecule has 0 amide bonds. The van der Waals surface area contributed by atoms with E-state index >= 15 is 0 Å². The number of hydroxylamine groups is 3. The van der Waals surface area contributed by atoms with E-state index in [1.807, 2.05) is 13.8 Å². The third-order valence-corrected chi connectivity index (χ3v) is 3.72. The van der Waals surface area contributed by atoms with Crippen molar-refractivity contribution in [2.45, 2.75) is 78.4 Å². The van der Waals surface area contributed by atoms with Gasteiger partial charge in [0.25, 0.3) is 0 Å². The Morgan fingerprint density at radius 1 is 0.824 bits per heavy atom. The largest absolute Gasteiger partial charge is 0.343 e. The topological polar surface area (TPSA) is 40.5 Å². The molecule has 104 valence electrons. The lowest BCUT2D eigenvalue weighted by Crippen LogP contribution is -2.52. The van der Waals surface area contributed by atoms with Crippen LogP contribution in [0, 0.1) is 0 Å². The second-order valence-corrected chi connectivity index (χ2v) is 5.01. The fourth-order valence-electron chi connectivity index (χ4n) is 2.17. The van der Waals surface area contributed by atoms with Gasteiger partial charge >= 0.3 is 0 Å². The zero-order chi connectivity index (χ0) is 13.1. The maximum Gasteiger partial charge on any atom is 0.220 e. The van der Waals surface area contributed by atoms with E-state index in [4.69, 9.17) is 0 Å². The van der Waals surface area contributed by atoms with Gasteiger partial charge in [0.2, 0.25) is 6.23 Å². The van der Waals surface area contributed by atoms with Crippen molar-refractivity contribution < 1.29 is 15.0 Å². The highest BCUT2D eigenvalue weighted by molar-refractivity contribution is 4.48. The first kappa shape index (κ1) is 16.9. The average molecular weight is 246 g/mol. The highest BCUT2D eigenvalue weighted by atomic mass is 16.6. The van der Waals surface area contributed by atoms with E-state index in [9.17, 15) is 10.3 Å². The molecule has 0 fully saturated rings. The molecule has 0 aliphatic heterocycles. The predicted octanol–water partition coefficient (Wildman–Crippen LogP) is 3.69. The van der Waals surface area contributed by atoms with Gasteiger partial charge in [-0.2, -0.15) is 4.65 Å². The number of hydrogen-bond acceptors (Lipinski definition) is 2. The molecule has 2 N–H and O–H groups in total. The summed E-state index contributed by atoms with van der Waals surface area (Å²) in [6.45, 7) is 7.21. The van der Waals surface area contributed by atoms with Crippen LogP contribution in [0.1, 0.15) is 72.1 Å². The summed E-state index contributed by atoms with van der Waals surface area (Å²) in [6.07, 6.45) is 8.83. The van der Waals surface area contributed by atoms with Crippen LogP contribution in [-0.2, 0) is 0 Å². The van der Waals surface area contributed by atoms with Gasteiger partial charge in [0.05, 0.1) is 0 Å². The Morgan fingerprint density at radius 2 is 1.29 bits per heavy atom. The Morgan fingerprint density at radius 3 is 1.76 bits per heavy atom. The van der Waals surface area contributed by atoms with Gasteiger partial charge in [0.1, 0.15) is 13.1 Å². The Kier molecular flexibility index (Phi) is 9.79. The first-order valence-electron chi connectivity index (χ1n) is 7.38. The van der Waals surface area contributed by atoms with E-state index in [1.54, 1.807) is 0 Å². The van der Waals surface area contributed by atoms with Gasteiger partial charge in [-0.1, -0.05) is 45.4 Å². The molecule has 0 rings (SSSR count). The summed E-state index contributed by atoms with van der Waals surface area (Å²) in [4.78, 5) is 0. The van der Waals surface area contributed by atoms with Crippen LogP contribution < -0.4 is 0 Å². The summed E-state index contributed by atoms with van der Waals surface area (Å²) in [5, 5.41) is 20.0. The van der Waals surface area contributed by atoms with Crippen molar-refractivity contribution >= 4 is 0 Å². The maximum atomic E-state index is 10.1. The second kappa shape index (κ2) is 9.86. The van der Waals surface area contributed by atoms with Gasteiger partial charge in [0.15, 0.2) is 0 Å². The lowest BCUT2D eigenvalue weighted by Gasteiger charge is -2.32. The van der Waals surface area contributed by atoms with Crippen LogP contribution in [0.3, 0.4) is 0 Å². The molecule has 0 aromatic carbocycles. The molecule has 3 heteroatoms. The molecule has 0 spiro atoms. The number of unbranched alkanes of at least 4 members (excludes halogenated alkanes) is 6. The Balaban J connectivity index is 3.54. The van der Waals surface area contributed by atoms with Crippen molar-refractivity contribution in [3.8, 4) is 0 Å². The first-order valence-corrected chi connectivity index (χ1v) is 7.38. The molecule has 0 radical (unpaired) electrons. The fourth-order valence-corrected chi connectivity index (χ4v) is 2.17. The third kappa shape index (κ3) is 7.02. The summed E-state index contributed by atoms with van der Waals surface area (Å²) in [5.74, 6) is 0. The van der Waals surface area contributed by atoms with Crippen molar-refractivity contribution in [1.29, 1.82) is 0 Å². The number of quaternary nitrogens is 1. The second-order valence-electron chi connectivity index (χ2n) is 5.01. The SMILES string of the molecule is CCCCCCCCCC(O)[N+](O)(CC)CC. The highest BCUT2D eigenvalue weighted by Gasteiger charge is 2.30. The normalized spacial score (nSPS) is 13.9. The summed E-state index contributed by atoms with van der Waals surface area (Å²) >= 11 is 0. The average Bonchev–Trinajstić information content (AvgIpc) is 2.36. The summed E-state index contributed by atoms with van der Waals surface area (Å²) in [5.41, 5.74) is 0.